The van der Waals surface area contributed by atoms with Crippen LogP contribution in [0.1, 0.15) is 12.8 Å². The number of benzene rings is 1. The minimum atomic E-state index is -1.18. The van der Waals surface area contributed by atoms with Gasteiger partial charge in [-0.25, -0.2) is 4.39 Å². The number of nitrogens with zero attached hydrogens (tertiary/aromatic N) is 3. The van der Waals surface area contributed by atoms with E-state index < -0.39 is 19.3 Å². The second-order valence-corrected chi connectivity index (χ2v) is 8.14. The van der Waals surface area contributed by atoms with E-state index in [9.17, 15) is 5.02 Å². The van der Waals surface area contributed by atoms with Crippen LogP contribution in [0.15, 0.2) is 30.3 Å². The number of alkyl halides is 1. The molecule has 1 aromatic heterocycles. The Bertz CT molecular complexity index is 874. The van der Waals surface area contributed by atoms with Gasteiger partial charge in [-0.3, -0.25) is 0 Å². The van der Waals surface area contributed by atoms with Crippen LogP contribution in [0.25, 0.3) is 11.3 Å². The zero-order valence-corrected chi connectivity index (χ0v) is 17.6. The third kappa shape index (κ3) is 4.25. The minimum Gasteiger partial charge on any atom is -0.470 e. The van der Waals surface area contributed by atoms with Gasteiger partial charge in [-0.2, -0.15) is 0 Å². The number of hydrogen-bond donors (Lipinski definition) is 1. The highest BCUT2D eigenvalue weighted by atomic mass is 35.5. The van der Waals surface area contributed by atoms with E-state index in [0.717, 1.165) is 12.8 Å². The summed E-state index contributed by atoms with van der Waals surface area (Å²) < 4.78 is 31.5. The second kappa shape index (κ2) is 9.05. The lowest BCUT2D eigenvalue weighted by Gasteiger charge is -2.51. The van der Waals surface area contributed by atoms with Crippen LogP contribution in [0, 0.1) is 5.92 Å². The fraction of sp³-hybridized carbons (Fsp3) is 0.500. The summed E-state index contributed by atoms with van der Waals surface area (Å²) >= 11 is 6.06. The number of aromatic nitrogens is 2. The number of hydrogen-bond acceptors (Lipinski definition) is 7. The van der Waals surface area contributed by atoms with Crippen LogP contribution in [0.2, 0.25) is 11.8 Å². The van der Waals surface area contributed by atoms with Crippen molar-refractivity contribution in [3.8, 4) is 22.9 Å². The van der Waals surface area contributed by atoms with Crippen LogP contribution < -0.4 is 9.47 Å². The molecule has 1 aliphatic carbocycles. The van der Waals surface area contributed by atoms with Crippen molar-refractivity contribution >= 4 is 18.7 Å². The number of methoxy groups -OCH3 is 1. The van der Waals surface area contributed by atoms with Gasteiger partial charge in [-0.15, -0.1) is 10.2 Å². The molecule has 160 valence electrons. The Labute approximate surface area is 180 Å². The molecule has 3 aliphatic rings. The fourth-order valence-electron chi connectivity index (χ4n) is 4.34. The molecule has 10 heteroatoms. The van der Waals surface area contributed by atoms with Gasteiger partial charge in [0, 0.05) is 35.7 Å². The highest BCUT2D eigenvalue weighted by molar-refractivity contribution is 6.45. The number of rotatable bonds is 7. The van der Waals surface area contributed by atoms with Crippen LogP contribution in [-0.4, -0.2) is 65.8 Å². The molecule has 2 aromatic rings. The summed E-state index contributed by atoms with van der Waals surface area (Å²) in [5.74, 6) is 0.807. The van der Waals surface area contributed by atoms with Gasteiger partial charge in [0.15, 0.2) is 13.0 Å². The lowest BCUT2D eigenvalue weighted by Crippen LogP contribution is -2.65. The number of halogens is 2. The molecule has 2 unspecified atom stereocenters. The molecule has 0 spiro atoms. The lowest BCUT2D eigenvalue weighted by atomic mass is 9.69. The van der Waals surface area contributed by atoms with Crippen molar-refractivity contribution in [2.24, 2.45) is 5.92 Å². The molecule has 1 aromatic carbocycles. The van der Waals surface area contributed by atoms with Crippen molar-refractivity contribution < 1.29 is 23.6 Å². The summed E-state index contributed by atoms with van der Waals surface area (Å²) in [5.41, 5.74) is 1.29. The molecule has 7 nitrogen and oxygen atoms in total. The predicted molar refractivity (Wildman–Crippen MR) is 111 cm³/mol. The smallest absolute Gasteiger partial charge is 0.376 e. The summed E-state index contributed by atoms with van der Waals surface area (Å²) in [6, 6.07) is 8.31. The van der Waals surface area contributed by atoms with Gasteiger partial charge in [0.2, 0.25) is 5.88 Å². The van der Waals surface area contributed by atoms with Crippen molar-refractivity contribution in [3.05, 3.63) is 35.4 Å². The highest BCUT2D eigenvalue weighted by Gasteiger charge is 2.51. The monoisotopic (exact) mass is 435 g/mol. The van der Waals surface area contributed by atoms with E-state index in [1.54, 1.807) is 37.2 Å². The van der Waals surface area contributed by atoms with Crippen LogP contribution in [0.5, 0.6) is 11.6 Å². The molecule has 2 aliphatic heterocycles. The Kier molecular flexibility index (Phi) is 6.43. The number of piperidine rings is 2. The third-order valence-corrected chi connectivity index (χ3v) is 6.01. The summed E-state index contributed by atoms with van der Waals surface area (Å²) in [6.45, 7) is 2.37. The van der Waals surface area contributed by atoms with E-state index in [0.29, 0.717) is 28.6 Å². The van der Waals surface area contributed by atoms with Gasteiger partial charge >= 0.3 is 7.05 Å². The molecule has 3 heterocycles. The molecular weight excluding hydrogens is 412 g/mol. The lowest BCUT2D eigenvalue weighted by molar-refractivity contribution is -0.0749. The Balaban J connectivity index is 1.49. The highest BCUT2D eigenvalue weighted by Crippen LogP contribution is 2.39. The SMILES string of the molecule is COCOc1cc(Cl)ccc1-c1ccc(O[C@H]2C3CCC([C@H]2F)N(B(C)O)C3)nn1. The molecule has 3 fully saturated rings. The van der Waals surface area contributed by atoms with Crippen LogP contribution in [0.3, 0.4) is 0 Å². The average molecular weight is 436 g/mol. The molecule has 1 N–H and O–H groups in total. The van der Waals surface area contributed by atoms with Gasteiger partial charge in [-0.1, -0.05) is 11.6 Å². The standard InChI is InChI=1S/C20H24BClFN3O4/c1-21(27)26-10-12-3-7-16(26)19(23)20(12)30-18-8-6-15(24-25-18)14-5-4-13(22)9-17(14)29-11-28-2/h4-6,8-9,12,16,19-20,27H,3,7,10-11H2,1-2H3/t12?,16?,19-,20+/m1/s1. The van der Waals surface area contributed by atoms with Crippen molar-refractivity contribution in [1.82, 2.24) is 15.0 Å². The average Bonchev–Trinajstić information content (AvgIpc) is 2.75. The summed E-state index contributed by atoms with van der Waals surface area (Å²) in [4.78, 5) is 1.82. The van der Waals surface area contributed by atoms with E-state index in [1.807, 2.05) is 4.81 Å². The zero-order valence-electron chi connectivity index (χ0n) is 16.9. The van der Waals surface area contributed by atoms with E-state index in [4.69, 9.17) is 25.8 Å². The Hall–Kier alpha value is -1.94. The molecule has 2 saturated heterocycles. The van der Waals surface area contributed by atoms with Crippen LogP contribution in [0.4, 0.5) is 4.39 Å². The molecule has 0 amide bonds. The minimum absolute atomic E-state index is 0.00592. The largest absolute Gasteiger partial charge is 0.470 e. The van der Waals surface area contributed by atoms with Gasteiger partial charge in [0.05, 0.1) is 5.69 Å². The van der Waals surface area contributed by atoms with Gasteiger partial charge < -0.3 is 24.0 Å². The van der Waals surface area contributed by atoms with Gasteiger partial charge in [0.25, 0.3) is 0 Å². The van der Waals surface area contributed by atoms with Gasteiger partial charge in [-0.05, 0) is 50.5 Å². The maximum absolute atomic E-state index is 15.0. The Morgan fingerprint density at radius 2 is 2.10 bits per heavy atom. The Morgan fingerprint density at radius 3 is 2.77 bits per heavy atom. The molecule has 5 rings (SSSR count). The molecule has 0 radical (unpaired) electrons. The van der Waals surface area contributed by atoms with Crippen molar-refractivity contribution in [2.45, 2.75) is 38.0 Å². The number of ether oxygens (including phenoxy) is 3. The number of fused-ring (bicyclic) bond motifs is 3. The molecule has 2 bridgehead atoms. The molecule has 30 heavy (non-hydrogen) atoms. The predicted octanol–water partition coefficient (Wildman–Crippen LogP) is 3.07. The fourth-order valence-corrected chi connectivity index (χ4v) is 4.51. The van der Waals surface area contributed by atoms with E-state index in [2.05, 4.69) is 10.2 Å². The topological polar surface area (TPSA) is 76.9 Å². The van der Waals surface area contributed by atoms with Crippen LogP contribution >= 0.6 is 11.6 Å². The van der Waals surface area contributed by atoms with Gasteiger partial charge in [0.1, 0.15) is 11.9 Å². The quantitative estimate of drug-likeness (QED) is 0.529. The maximum Gasteiger partial charge on any atom is 0.376 e. The van der Waals surface area contributed by atoms with E-state index in [1.165, 1.54) is 7.11 Å². The first-order valence-electron chi connectivity index (χ1n) is 9.98. The summed E-state index contributed by atoms with van der Waals surface area (Å²) in [6.07, 6.45) is -0.175. The van der Waals surface area contributed by atoms with Crippen molar-refractivity contribution in [2.75, 3.05) is 20.4 Å². The second-order valence-electron chi connectivity index (χ2n) is 7.71. The maximum atomic E-state index is 15.0. The van der Waals surface area contributed by atoms with Crippen molar-refractivity contribution in [1.29, 1.82) is 0 Å². The summed E-state index contributed by atoms with van der Waals surface area (Å²) in [7, 11) is 0.872. The third-order valence-electron chi connectivity index (χ3n) is 5.78. The van der Waals surface area contributed by atoms with E-state index >= 15 is 4.39 Å². The van der Waals surface area contributed by atoms with Crippen molar-refractivity contribution in [3.63, 3.8) is 0 Å². The normalized spacial score (nSPS) is 25.9. The first-order chi connectivity index (χ1) is 14.5. The molecular formula is C20H24BClFN3O4. The molecule has 1 saturated carbocycles. The summed E-state index contributed by atoms with van der Waals surface area (Å²) in [5, 5.41) is 18.8. The zero-order chi connectivity index (χ0) is 21.3. The molecule has 4 atom stereocenters. The first kappa shape index (κ1) is 21.3. The van der Waals surface area contributed by atoms with Crippen LogP contribution in [-0.2, 0) is 4.74 Å². The Morgan fingerprint density at radius 1 is 1.27 bits per heavy atom. The van der Waals surface area contributed by atoms with E-state index in [-0.39, 0.29) is 24.6 Å². The first-order valence-corrected chi connectivity index (χ1v) is 10.4.